The molecular formula is C24H32F2N2O4S. The maximum Gasteiger partial charge on any atom is 0.304 e. The van der Waals surface area contributed by atoms with E-state index in [0.717, 1.165) is 56.9 Å². The molecule has 182 valence electrons. The molecule has 1 aromatic rings. The van der Waals surface area contributed by atoms with Crippen LogP contribution in [0.1, 0.15) is 79.6 Å². The van der Waals surface area contributed by atoms with E-state index in [-0.39, 0.29) is 24.3 Å². The van der Waals surface area contributed by atoms with Crippen LogP contribution in [0, 0.1) is 23.6 Å². The van der Waals surface area contributed by atoms with Crippen LogP contribution < -0.4 is 9.46 Å². The number of rotatable bonds is 8. The van der Waals surface area contributed by atoms with Crippen molar-refractivity contribution in [1.29, 1.82) is 0 Å². The first-order valence-electron chi connectivity index (χ1n) is 12.2. The smallest absolute Gasteiger partial charge is 0.304 e. The Morgan fingerprint density at radius 3 is 2.36 bits per heavy atom. The summed E-state index contributed by atoms with van der Waals surface area (Å²) >= 11 is 0. The number of nitrogens with one attached hydrogen (secondary N) is 1. The van der Waals surface area contributed by atoms with Gasteiger partial charge in [0.05, 0.1) is 12.2 Å². The summed E-state index contributed by atoms with van der Waals surface area (Å²) in [4.78, 5) is 12.7. The zero-order chi connectivity index (χ0) is 23.2. The first kappa shape index (κ1) is 23.0. The van der Waals surface area contributed by atoms with Crippen molar-refractivity contribution < 1.29 is 26.7 Å². The number of halogens is 2. The molecule has 2 unspecified atom stereocenters. The first-order valence-corrected chi connectivity index (χ1v) is 13.7. The van der Waals surface area contributed by atoms with Gasteiger partial charge in [0, 0.05) is 19.2 Å². The molecule has 2 bridgehead atoms. The molecular weight excluding hydrogens is 450 g/mol. The summed E-state index contributed by atoms with van der Waals surface area (Å²) in [6.45, 7) is 0.436. The second kappa shape index (κ2) is 9.13. The van der Waals surface area contributed by atoms with Gasteiger partial charge in [-0.25, -0.2) is 9.11 Å². The van der Waals surface area contributed by atoms with Crippen molar-refractivity contribution in [3.8, 4) is 5.75 Å². The SMILES string of the molecule is O=C(NS(=O)(=O)N1CCC1)c1cc(C2CC2)c(OC2C3CCCC2CC(CCF)C3)cc1F. The zero-order valence-electron chi connectivity index (χ0n) is 18.8. The van der Waals surface area contributed by atoms with Crippen LogP contribution in [-0.2, 0) is 10.2 Å². The fraction of sp³-hybridized carbons (Fsp3) is 0.708. The van der Waals surface area contributed by atoms with Crippen molar-refractivity contribution in [2.24, 2.45) is 17.8 Å². The van der Waals surface area contributed by atoms with Crippen molar-refractivity contribution in [1.82, 2.24) is 9.03 Å². The Labute approximate surface area is 194 Å². The summed E-state index contributed by atoms with van der Waals surface area (Å²) in [5, 5.41) is 0. The molecule has 6 nitrogen and oxygen atoms in total. The molecule has 0 spiro atoms. The molecule has 4 aliphatic rings. The van der Waals surface area contributed by atoms with Gasteiger partial charge in [0.2, 0.25) is 0 Å². The highest BCUT2D eigenvalue weighted by atomic mass is 32.2. The Hall–Kier alpha value is -1.74. The van der Waals surface area contributed by atoms with E-state index in [1.165, 1.54) is 16.4 Å². The fourth-order valence-corrected chi connectivity index (χ4v) is 7.08. The first-order chi connectivity index (χ1) is 15.9. The summed E-state index contributed by atoms with van der Waals surface area (Å²) in [7, 11) is -3.95. The van der Waals surface area contributed by atoms with E-state index in [1.807, 2.05) is 4.72 Å². The lowest BCUT2D eigenvalue weighted by Crippen LogP contribution is -2.49. The Morgan fingerprint density at radius 2 is 1.79 bits per heavy atom. The van der Waals surface area contributed by atoms with E-state index in [2.05, 4.69) is 0 Å². The minimum absolute atomic E-state index is 0.0158. The molecule has 4 fully saturated rings. The predicted molar refractivity (Wildman–Crippen MR) is 120 cm³/mol. The largest absolute Gasteiger partial charge is 0.489 e. The van der Waals surface area contributed by atoms with Gasteiger partial charge in [-0.15, -0.1) is 0 Å². The third-order valence-corrected chi connectivity index (χ3v) is 9.36. The number of nitrogens with zero attached hydrogens (tertiary/aromatic N) is 1. The average Bonchev–Trinajstić information content (AvgIpc) is 3.51. The highest BCUT2D eigenvalue weighted by Crippen LogP contribution is 2.49. The number of ether oxygens (including phenoxy) is 1. The van der Waals surface area contributed by atoms with Crippen LogP contribution in [0.3, 0.4) is 0 Å². The van der Waals surface area contributed by atoms with E-state index in [1.54, 1.807) is 0 Å². The lowest BCUT2D eigenvalue weighted by molar-refractivity contribution is -0.0197. The van der Waals surface area contributed by atoms with Crippen LogP contribution in [0.15, 0.2) is 12.1 Å². The van der Waals surface area contributed by atoms with Gasteiger partial charge in [-0.3, -0.25) is 9.18 Å². The number of benzene rings is 1. The topological polar surface area (TPSA) is 75.7 Å². The summed E-state index contributed by atoms with van der Waals surface area (Å²) < 4.78 is 62.2. The second-order valence-electron chi connectivity index (χ2n) is 10.2. The average molecular weight is 483 g/mol. The number of hydrogen-bond acceptors (Lipinski definition) is 4. The number of amides is 1. The molecule has 1 amide bonds. The van der Waals surface area contributed by atoms with Gasteiger partial charge in [0.15, 0.2) is 0 Å². The van der Waals surface area contributed by atoms with Gasteiger partial charge in [-0.1, -0.05) is 6.42 Å². The van der Waals surface area contributed by atoms with Crippen molar-refractivity contribution in [2.45, 2.75) is 69.8 Å². The zero-order valence-corrected chi connectivity index (χ0v) is 19.6. The van der Waals surface area contributed by atoms with Gasteiger partial charge in [-0.05, 0) is 86.7 Å². The van der Waals surface area contributed by atoms with Gasteiger partial charge in [0.1, 0.15) is 17.7 Å². The molecule has 1 aromatic carbocycles. The molecule has 3 saturated carbocycles. The highest BCUT2D eigenvalue weighted by Gasteiger charge is 2.42. The third-order valence-electron chi connectivity index (χ3n) is 7.87. The monoisotopic (exact) mass is 482 g/mol. The Kier molecular flexibility index (Phi) is 6.37. The van der Waals surface area contributed by atoms with Crippen molar-refractivity contribution in [3.63, 3.8) is 0 Å². The fourth-order valence-electron chi connectivity index (χ4n) is 5.87. The van der Waals surface area contributed by atoms with E-state index in [9.17, 15) is 17.6 Å². The number of fused-ring (bicyclic) bond motifs is 2. The maximum atomic E-state index is 15.1. The molecule has 9 heteroatoms. The van der Waals surface area contributed by atoms with E-state index < -0.39 is 21.9 Å². The maximum absolute atomic E-state index is 15.1. The van der Waals surface area contributed by atoms with Gasteiger partial charge < -0.3 is 4.74 Å². The number of hydrogen-bond donors (Lipinski definition) is 1. The van der Waals surface area contributed by atoms with Crippen LogP contribution in [-0.4, -0.2) is 44.5 Å². The van der Waals surface area contributed by atoms with Crippen LogP contribution in [0.25, 0.3) is 0 Å². The molecule has 2 atom stereocenters. The molecule has 1 heterocycles. The van der Waals surface area contributed by atoms with Gasteiger partial charge >= 0.3 is 10.2 Å². The number of carbonyl (C=O) groups excluding carboxylic acids is 1. The molecule has 33 heavy (non-hydrogen) atoms. The Morgan fingerprint density at radius 1 is 1.09 bits per heavy atom. The van der Waals surface area contributed by atoms with E-state index in [0.29, 0.717) is 43.0 Å². The minimum Gasteiger partial charge on any atom is -0.489 e. The molecule has 1 aliphatic heterocycles. The normalized spacial score (nSPS) is 29.9. The Balaban J connectivity index is 1.37. The summed E-state index contributed by atoms with van der Waals surface area (Å²) in [5.74, 6) is 0.0233. The molecule has 1 N–H and O–H groups in total. The van der Waals surface area contributed by atoms with Crippen molar-refractivity contribution in [3.05, 3.63) is 29.1 Å². The second-order valence-corrected chi connectivity index (χ2v) is 11.9. The van der Waals surface area contributed by atoms with E-state index >= 15 is 4.39 Å². The van der Waals surface area contributed by atoms with Crippen LogP contribution >= 0.6 is 0 Å². The summed E-state index contributed by atoms with van der Waals surface area (Å²) in [5.41, 5.74) is 0.520. The van der Waals surface area contributed by atoms with Crippen LogP contribution in [0.2, 0.25) is 0 Å². The number of carbonyl (C=O) groups is 1. The van der Waals surface area contributed by atoms with Gasteiger partial charge in [-0.2, -0.15) is 12.7 Å². The van der Waals surface area contributed by atoms with Crippen LogP contribution in [0.5, 0.6) is 5.75 Å². The van der Waals surface area contributed by atoms with Crippen molar-refractivity contribution >= 4 is 16.1 Å². The molecule has 1 saturated heterocycles. The van der Waals surface area contributed by atoms with E-state index in [4.69, 9.17) is 4.74 Å². The lowest BCUT2D eigenvalue weighted by atomic mass is 9.65. The third kappa shape index (κ3) is 4.76. The number of alkyl halides is 1. The summed E-state index contributed by atoms with van der Waals surface area (Å²) in [6.07, 6.45) is 8.33. The standard InChI is InChI=1S/C24H32F2N2O4S/c25-8-7-15-11-17-3-1-4-18(12-15)23(17)32-22-14-21(26)20(13-19(22)16-5-6-16)24(29)27-33(30,31)28-9-2-10-28/h13-18,23H,1-12H2,(H,27,29). The lowest BCUT2D eigenvalue weighted by Gasteiger charge is -2.45. The molecule has 0 aromatic heterocycles. The molecule has 5 rings (SSSR count). The van der Waals surface area contributed by atoms with Gasteiger partial charge in [0.25, 0.3) is 5.91 Å². The predicted octanol–water partition coefficient (Wildman–Crippen LogP) is 4.32. The molecule has 0 radical (unpaired) electrons. The molecule has 3 aliphatic carbocycles. The minimum atomic E-state index is -3.95. The summed E-state index contributed by atoms with van der Waals surface area (Å²) in [6, 6.07) is 2.75. The quantitative estimate of drug-likeness (QED) is 0.599. The Bertz CT molecular complexity index is 996. The van der Waals surface area contributed by atoms with Crippen LogP contribution in [0.4, 0.5) is 8.78 Å². The highest BCUT2D eigenvalue weighted by molar-refractivity contribution is 7.87. The van der Waals surface area contributed by atoms with Crippen molar-refractivity contribution in [2.75, 3.05) is 19.8 Å².